The van der Waals surface area contributed by atoms with E-state index in [0.717, 1.165) is 19.5 Å². The molecule has 0 N–H and O–H groups in total. The second-order valence-electron chi connectivity index (χ2n) is 3.94. The van der Waals surface area contributed by atoms with Gasteiger partial charge in [0.25, 0.3) is 0 Å². The molecule has 4 heteroatoms. The van der Waals surface area contributed by atoms with Crippen molar-refractivity contribution < 1.29 is 4.74 Å². The van der Waals surface area contributed by atoms with Gasteiger partial charge >= 0.3 is 0 Å². The summed E-state index contributed by atoms with van der Waals surface area (Å²) in [6.45, 7) is 2.12. The van der Waals surface area contributed by atoms with E-state index in [-0.39, 0.29) is 6.10 Å². The largest absolute Gasteiger partial charge is 0.486 e. The molecule has 1 aliphatic rings. The number of likely N-dealkylation sites (tertiary alicyclic amines) is 1. The molecule has 3 nitrogen and oxygen atoms in total. The first-order valence-electron chi connectivity index (χ1n) is 5.21. The first-order valence-corrected chi connectivity index (χ1v) is 5.59. The zero-order valence-electron chi connectivity index (χ0n) is 8.82. The van der Waals surface area contributed by atoms with Gasteiger partial charge in [-0.3, -0.25) is 0 Å². The molecule has 1 aromatic heterocycles. The van der Waals surface area contributed by atoms with Crippen LogP contribution in [-0.2, 0) is 0 Å². The molecule has 2 rings (SSSR count). The molecule has 1 aliphatic heterocycles. The molecule has 0 amide bonds. The van der Waals surface area contributed by atoms with Gasteiger partial charge in [-0.1, -0.05) is 11.6 Å². The summed E-state index contributed by atoms with van der Waals surface area (Å²) >= 11 is 5.93. The maximum atomic E-state index is 5.93. The summed E-state index contributed by atoms with van der Waals surface area (Å²) in [4.78, 5) is 6.27. The molecule has 1 atom stereocenters. The van der Waals surface area contributed by atoms with Crippen LogP contribution in [0.1, 0.15) is 12.8 Å². The zero-order valence-corrected chi connectivity index (χ0v) is 9.57. The van der Waals surface area contributed by atoms with E-state index >= 15 is 0 Å². The Bertz CT molecular complexity index is 332. The highest BCUT2D eigenvalue weighted by atomic mass is 35.5. The number of aromatic nitrogens is 1. The van der Waals surface area contributed by atoms with Crippen LogP contribution >= 0.6 is 11.6 Å². The van der Waals surface area contributed by atoms with Gasteiger partial charge < -0.3 is 9.64 Å². The van der Waals surface area contributed by atoms with Gasteiger partial charge in [-0.25, -0.2) is 4.98 Å². The minimum absolute atomic E-state index is 0.241. The number of piperidine rings is 1. The van der Waals surface area contributed by atoms with Gasteiger partial charge in [0.15, 0.2) is 10.9 Å². The van der Waals surface area contributed by atoms with Crippen LogP contribution in [0, 0.1) is 0 Å². The molecule has 0 saturated carbocycles. The Kier molecular flexibility index (Phi) is 3.44. The first-order chi connectivity index (χ1) is 7.25. The number of nitrogens with zero attached hydrogens (tertiary/aromatic N) is 2. The van der Waals surface area contributed by atoms with Crippen LogP contribution < -0.4 is 4.74 Å². The lowest BCUT2D eigenvalue weighted by molar-refractivity contribution is 0.104. The third kappa shape index (κ3) is 2.83. The molecule has 1 fully saturated rings. The maximum absolute atomic E-state index is 5.93. The molecule has 15 heavy (non-hydrogen) atoms. The van der Waals surface area contributed by atoms with Crippen LogP contribution in [0.4, 0.5) is 0 Å². The molecule has 0 aromatic carbocycles. The number of rotatable bonds is 2. The third-order valence-corrected chi connectivity index (χ3v) is 2.88. The van der Waals surface area contributed by atoms with Crippen LogP contribution in [0.3, 0.4) is 0 Å². The molecule has 0 radical (unpaired) electrons. The zero-order chi connectivity index (χ0) is 10.7. The molecule has 0 aliphatic carbocycles. The fourth-order valence-corrected chi connectivity index (χ4v) is 2.02. The lowest BCUT2D eigenvalue weighted by atomic mass is 10.1. The second-order valence-corrected chi connectivity index (χ2v) is 4.29. The number of pyridine rings is 1. The normalized spacial score (nSPS) is 22.7. The Balaban J connectivity index is 1.99. The first kappa shape index (κ1) is 10.7. The molecule has 1 aromatic rings. The highest BCUT2D eigenvalue weighted by molar-refractivity contribution is 6.30. The molecular weight excluding hydrogens is 212 g/mol. The van der Waals surface area contributed by atoms with Crippen LogP contribution in [0.5, 0.6) is 5.75 Å². The number of hydrogen-bond donors (Lipinski definition) is 0. The van der Waals surface area contributed by atoms with Crippen LogP contribution in [0.25, 0.3) is 0 Å². The Hall–Kier alpha value is -0.800. The monoisotopic (exact) mass is 226 g/mol. The van der Waals surface area contributed by atoms with Crippen molar-refractivity contribution in [2.24, 2.45) is 0 Å². The van der Waals surface area contributed by atoms with E-state index in [4.69, 9.17) is 16.3 Å². The number of likely N-dealkylation sites (N-methyl/N-ethyl adjacent to an activating group) is 1. The lowest BCUT2D eigenvalue weighted by Crippen LogP contribution is -2.38. The Morgan fingerprint density at radius 1 is 1.60 bits per heavy atom. The highest BCUT2D eigenvalue weighted by Gasteiger charge is 2.19. The standard InChI is InChI=1S/C11H15ClN2O/c1-14-7-3-4-9(8-14)15-10-5-2-6-13-11(10)12/h2,5-6,9H,3-4,7-8H2,1H3. The topological polar surface area (TPSA) is 25.4 Å². The fraction of sp³-hybridized carbons (Fsp3) is 0.545. The quantitative estimate of drug-likeness (QED) is 0.723. The van der Waals surface area contributed by atoms with E-state index in [2.05, 4.69) is 16.9 Å². The Labute approximate surface area is 95.0 Å². The number of hydrogen-bond acceptors (Lipinski definition) is 3. The van der Waals surface area contributed by atoms with E-state index in [1.807, 2.05) is 12.1 Å². The average molecular weight is 227 g/mol. The van der Waals surface area contributed by atoms with Crippen molar-refractivity contribution in [3.63, 3.8) is 0 Å². The SMILES string of the molecule is CN1CCCC(Oc2cccnc2Cl)C1. The summed E-state index contributed by atoms with van der Waals surface area (Å²) in [5, 5.41) is 0.450. The summed E-state index contributed by atoms with van der Waals surface area (Å²) in [6.07, 6.45) is 4.18. The minimum Gasteiger partial charge on any atom is -0.486 e. The summed E-state index contributed by atoms with van der Waals surface area (Å²) in [5.74, 6) is 0.694. The molecule has 2 heterocycles. The summed E-state index contributed by atoms with van der Waals surface area (Å²) in [7, 11) is 2.11. The number of halogens is 1. The molecular formula is C11H15ClN2O. The maximum Gasteiger partial charge on any atom is 0.171 e. The summed E-state index contributed by atoms with van der Waals surface area (Å²) in [5.41, 5.74) is 0. The van der Waals surface area contributed by atoms with Gasteiger partial charge in [0, 0.05) is 12.7 Å². The van der Waals surface area contributed by atoms with Gasteiger partial charge in [-0.15, -0.1) is 0 Å². The van der Waals surface area contributed by atoms with E-state index < -0.39 is 0 Å². The van der Waals surface area contributed by atoms with Crippen LogP contribution in [-0.4, -0.2) is 36.1 Å². The van der Waals surface area contributed by atoms with Crippen LogP contribution in [0.2, 0.25) is 5.15 Å². The number of ether oxygens (including phenoxy) is 1. The van der Waals surface area contributed by atoms with Crippen molar-refractivity contribution in [3.05, 3.63) is 23.5 Å². The molecule has 1 saturated heterocycles. The van der Waals surface area contributed by atoms with Gasteiger partial charge in [0.2, 0.25) is 0 Å². The Morgan fingerprint density at radius 2 is 2.47 bits per heavy atom. The molecule has 0 bridgehead atoms. The molecule has 1 unspecified atom stereocenters. The van der Waals surface area contributed by atoms with Gasteiger partial charge in [-0.2, -0.15) is 0 Å². The van der Waals surface area contributed by atoms with Gasteiger partial charge in [0.05, 0.1) is 0 Å². The van der Waals surface area contributed by atoms with Crippen molar-refractivity contribution in [2.45, 2.75) is 18.9 Å². The third-order valence-electron chi connectivity index (χ3n) is 2.60. The highest BCUT2D eigenvalue weighted by Crippen LogP contribution is 2.24. The van der Waals surface area contributed by atoms with E-state index in [0.29, 0.717) is 10.9 Å². The van der Waals surface area contributed by atoms with Gasteiger partial charge in [-0.05, 0) is 38.6 Å². The fourth-order valence-electron chi connectivity index (χ4n) is 1.85. The minimum atomic E-state index is 0.241. The van der Waals surface area contributed by atoms with Crippen molar-refractivity contribution in [1.29, 1.82) is 0 Å². The molecule has 82 valence electrons. The van der Waals surface area contributed by atoms with E-state index in [1.54, 1.807) is 6.20 Å². The van der Waals surface area contributed by atoms with Crippen molar-refractivity contribution in [3.8, 4) is 5.75 Å². The van der Waals surface area contributed by atoms with Crippen molar-refractivity contribution in [2.75, 3.05) is 20.1 Å². The van der Waals surface area contributed by atoms with Crippen LogP contribution in [0.15, 0.2) is 18.3 Å². The second kappa shape index (κ2) is 4.81. The van der Waals surface area contributed by atoms with E-state index in [9.17, 15) is 0 Å². The predicted molar refractivity (Wildman–Crippen MR) is 60.4 cm³/mol. The Morgan fingerprint density at radius 3 is 3.20 bits per heavy atom. The predicted octanol–water partition coefficient (Wildman–Crippen LogP) is 2.21. The van der Waals surface area contributed by atoms with Gasteiger partial charge in [0.1, 0.15) is 6.10 Å². The lowest BCUT2D eigenvalue weighted by Gasteiger charge is -2.30. The average Bonchev–Trinajstić information content (AvgIpc) is 2.22. The van der Waals surface area contributed by atoms with E-state index in [1.165, 1.54) is 6.42 Å². The molecule has 0 spiro atoms. The van der Waals surface area contributed by atoms with Crippen molar-refractivity contribution in [1.82, 2.24) is 9.88 Å². The summed E-state index contributed by atoms with van der Waals surface area (Å²) < 4.78 is 5.82. The van der Waals surface area contributed by atoms with Crippen molar-refractivity contribution >= 4 is 11.6 Å². The summed E-state index contributed by atoms with van der Waals surface area (Å²) in [6, 6.07) is 3.71. The smallest absolute Gasteiger partial charge is 0.171 e.